The van der Waals surface area contributed by atoms with Gasteiger partial charge in [-0.15, -0.1) is 0 Å². The molecular formula is C13H17FN2O4S. The molecule has 8 heteroatoms. The monoisotopic (exact) mass is 316 g/mol. The van der Waals surface area contributed by atoms with Crippen LogP contribution >= 0.6 is 0 Å². The van der Waals surface area contributed by atoms with Gasteiger partial charge in [0.25, 0.3) is 5.91 Å². The molecule has 1 aromatic carbocycles. The van der Waals surface area contributed by atoms with Crippen LogP contribution in [0.15, 0.2) is 17.0 Å². The number of rotatable bonds is 5. The second kappa shape index (κ2) is 5.61. The van der Waals surface area contributed by atoms with E-state index >= 15 is 0 Å². The maximum atomic E-state index is 13.9. The number of hydrogen-bond acceptors (Lipinski definition) is 4. The number of methoxy groups -OCH3 is 1. The van der Waals surface area contributed by atoms with E-state index in [1.54, 1.807) is 0 Å². The van der Waals surface area contributed by atoms with Gasteiger partial charge in [-0.1, -0.05) is 13.3 Å². The first kappa shape index (κ1) is 15.7. The molecule has 6 nitrogen and oxygen atoms in total. The maximum absolute atomic E-state index is 13.9. The van der Waals surface area contributed by atoms with Crippen molar-refractivity contribution in [3.63, 3.8) is 0 Å². The number of carbonyl (C=O) groups excluding carboxylic acids is 1. The molecule has 116 valence electrons. The number of hydrogen-bond donors (Lipinski definition) is 2. The van der Waals surface area contributed by atoms with E-state index in [1.165, 1.54) is 0 Å². The summed E-state index contributed by atoms with van der Waals surface area (Å²) in [7, 11) is -3.07. The summed E-state index contributed by atoms with van der Waals surface area (Å²) in [6.45, 7) is 2.02. The van der Waals surface area contributed by atoms with Gasteiger partial charge < -0.3 is 10.1 Å². The Hall–Kier alpha value is -1.67. The molecule has 0 aromatic heterocycles. The number of sulfonamides is 1. The molecule has 1 aromatic rings. The number of carbonyl (C=O) groups is 1. The van der Waals surface area contributed by atoms with Crippen molar-refractivity contribution in [2.45, 2.75) is 30.7 Å². The van der Waals surface area contributed by atoms with Crippen LogP contribution in [-0.2, 0) is 10.0 Å². The lowest BCUT2D eigenvalue weighted by Crippen LogP contribution is -2.27. The number of nitrogens with two attached hydrogens (primary N) is 1. The third kappa shape index (κ3) is 3.33. The third-order valence-electron chi connectivity index (χ3n) is 3.55. The van der Waals surface area contributed by atoms with Gasteiger partial charge in [0.1, 0.15) is 4.90 Å². The normalized spacial score (nSPS) is 21.0. The summed E-state index contributed by atoms with van der Waals surface area (Å²) < 4.78 is 41.5. The predicted molar refractivity (Wildman–Crippen MR) is 74.0 cm³/mol. The van der Waals surface area contributed by atoms with E-state index in [9.17, 15) is 17.6 Å². The highest BCUT2D eigenvalue weighted by molar-refractivity contribution is 7.89. The van der Waals surface area contributed by atoms with Crippen molar-refractivity contribution in [2.24, 2.45) is 11.1 Å². The van der Waals surface area contributed by atoms with Crippen LogP contribution in [0.5, 0.6) is 5.75 Å². The molecule has 0 spiro atoms. The topological polar surface area (TPSA) is 98.5 Å². The van der Waals surface area contributed by atoms with Crippen LogP contribution in [0.1, 0.15) is 30.1 Å². The Morgan fingerprint density at radius 2 is 2.19 bits per heavy atom. The van der Waals surface area contributed by atoms with Crippen LogP contribution in [0.4, 0.5) is 4.39 Å². The molecule has 0 heterocycles. The van der Waals surface area contributed by atoms with E-state index in [0.717, 1.165) is 32.1 Å². The minimum atomic E-state index is -4.20. The fourth-order valence-corrected chi connectivity index (χ4v) is 2.97. The highest BCUT2D eigenvalue weighted by atomic mass is 32.2. The second-order valence-electron chi connectivity index (χ2n) is 5.02. The zero-order valence-corrected chi connectivity index (χ0v) is 12.5. The van der Waals surface area contributed by atoms with Crippen molar-refractivity contribution in [2.75, 3.05) is 7.11 Å². The zero-order valence-electron chi connectivity index (χ0n) is 11.7. The molecule has 0 aliphatic heterocycles. The van der Waals surface area contributed by atoms with Gasteiger partial charge >= 0.3 is 0 Å². The van der Waals surface area contributed by atoms with Crippen molar-refractivity contribution in [3.05, 3.63) is 23.5 Å². The molecule has 1 saturated carbocycles. The van der Waals surface area contributed by atoms with Crippen LogP contribution in [-0.4, -0.2) is 27.5 Å². The average molecular weight is 316 g/mol. The first-order valence-corrected chi connectivity index (χ1v) is 8.03. The number of benzene rings is 1. The molecule has 1 fully saturated rings. The third-order valence-corrected chi connectivity index (χ3v) is 4.46. The van der Waals surface area contributed by atoms with Gasteiger partial charge in [-0.2, -0.15) is 0 Å². The quantitative estimate of drug-likeness (QED) is 0.847. The van der Waals surface area contributed by atoms with Gasteiger partial charge in [-0.05, 0) is 24.5 Å². The molecule has 1 aliphatic rings. The van der Waals surface area contributed by atoms with Crippen molar-refractivity contribution in [1.82, 2.24) is 5.32 Å². The summed E-state index contributed by atoms with van der Waals surface area (Å²) in [5.74, 6) is -1.54. The fraction of sp³-hybridized carbons (Fsp3) is 0.462. The molecule has 1 aliphatic carbocycles. The average Bonchev–Trinajstić information content (AvgIpc) is 3.14. The van der Waals surface area contributed by atoms with Crippen molar-refractivity contribution in [3.8, 4) is 5.75 Å². The Morgan fingerprint density at radius 3 is 2.67 bits per heavy atom. The van der Waals surface area contributed by atoms with E-state index < -0.39 is 32.4 Å². The molecular weight excluding hydrogens is 299 g/mol. The van der Waals surface area contributed by atoms with E-state index in [0.29, 0.717) is 5.92 Å². The van der Waals surface area contributed by atoms with Crippen molar-refractivity contribution < 1.29 is 22.3 Å². The highest BCUT2D eigenvalue weighted by Gasteiger charge is 2.36. The molecule has 2 rings (SSSR count). The van der Waals surface area contributed by atoms with Gasteiger partial charge in [0, 0.05) is 11.6 Å². The van der Waals surface area contributed by atoms with Gasteiger partial charge in [0.05, 0.1) is 7.11 Å². The van der Waals surface area contributed by atoms with E-state index in [-0.39, 0.29) is 11.6 Å². The molecule has 2 unspecified atom stereocenters. The molecule has 2 atom stereocenters. The number of nitrogens with one attached hydrogen (secondary N) is 1. The van der Waals surface area contributed by atoms with Crippen molar-refractivity contribution in [1.29, 1.82) is 0 Å². The predicted octanol–water partition coefficient (Wildman–Crippen LogP) is 1.01. The van der Waals surface area contributed by atoms with E-state index in [1.807, 2.05) is 6.92 Å². The van der Waals surface area contributed by atoms with Crippen LogP contribution in [0.2, 0.25) is 0 Å². The number of amides is 1. The molecule has 0 radical (unpaired) electrons. The van der Waals surface area contributed by atoms with Crippen LogP contribution in [0.25, 0.3) is 0 Å². The second-order valence-corrected chi connectivity index (χ2v) is 6.55. The number of ether oxygens (including phenoxy) is 1. The summed E-state index contributed by atoms with van der Waals surface area (Å²) in [6.07, 6.45) is 1.83. The number of halogens is 1. The lowest BCUT2D eigenvalue weighted by molar-refractivity contribution is 0.0948. The maximum Gasteiger partial charge on any atom is 0.251 e. The first-order chi connectivity index (χ1) is 9.77. The Bertz CT molecular complexity index is 675. The standard InChI is InChI=1S/C13H17FN2O4S/c1-3-7-5-10(7)16-13(17)8-4-9(14)12(20-2)11(6-8)21(15,18)19/h4,6-7,10H,3,5H2,1-2H3,(H,16,17)(H2,15,18,19). The summed E-state index contributed by atoms with van der Waals surface area (Å²) in [5, 5.41) is 7.75. The summed E-state index contributed by atoms with van der Waals surface area (Å²) in [4.78, 5) is 11.5. The number of primary sulfonamides is 1. The first-order valence-electron chi connectivity index (χ1n) is 6.49. The molecule has 21 heavy (non-hydrogen) atoms. The van der Waals surface area contributed by atoms with Crippen LogP contribution in [0.3, 0.4) is 0 Å². The smallest absolute Gasteiger partial charge is 0.251 e. The molecule has 3 N–H and O–H groups in total. The lowest BCUT2D eigenvalue weighted by Gasteiger charge is -2.11. The summed E-state index contributed by atoms with van der Waals surface area (Å²) >= 11 is 0. The highest BCUT2D eigenvalue weighted by Crippen LogP contribution is 2.34. The van der Waals surface area contributed by atoms with Gasteiger partial charge in [-0.3, -0.25) is 4.79 Å². The molecule has 0 bridgehead atoms. The minimum Gasteiger partial charge on any atom is -0.492 e. The zero-order chi connectivity index (χ0) is 15.8. The largest absolute Gasteiger partial charge is 0.492 e. The fourth-order valence-electron chi connectivity index (χ4n) is 2.24. The Kier molecular flexibility index (Phi) is 4.20. The van der Waals surface area contributed by atoms with Gasteiger partial charge in [0.15, 0.2) is 11.6 Å². The summed E-state index contributed by atoms with van der Waals surface area (Å²) in [6, 6.07) is 2.02. The van der Waals surface area contributed by atoms with Crippen LogP contribution in [0, 0.1) is 11.7 Å². The van der Waals surface area contributed by atoms with Crippen LogP contribution < -0.4 is 15.2 Å². The Morgan fingerprint density at radius 1 is 1.52 bits per heavy atom. The minimum absolute atomic E-state index is 0.0607. The van der Waals surface area contributed by atoms with E-state index in [4.69, 9.17) is 9.88 Å². The van der Waals surface area contributed by atoms with Gasteiger partial charge in [-0.25, -0.2) is 17.9 Å². The Labute approximate surface area is 122 Å². The lowest BCUT2D eigenvalue weighted by atomic mass is 10.2. The Balaban J connectivity index is 2.33. The summed E-state index contributed by atoms with van der Waals surface area (Å²) in [5.41, 5.74) is -0.0981. The van der Waals surface area contributed by atoms with E-state index in [2.05, 4.69) is 5.32 Å². The molecule has 1 amide bonds. The molecule has 0 saturated heterocycles. The van der Waals surface area contributed by atoms with Gasteiger partial charge in [0.2, 0.25) is 10.0 Å². The SMILES string of the molecule is CCC1CC1NC(=O)c1cc(F)c(OC)c(S(N)(=O)=O)c1. The van der Waals surface area contributed by atoms with Crippen molar-refractivity contribution >= 4 is 15.9 Å².